The number of allylic oxidation sites excluding steroid dienone is 1. The van der Waals surface area contributed by atoms with Crippen molar-refractivity contribution in [3.63, 3.8) is 0 Å². The molecule has 2 N–H and O–H groups in total. The average Bonchev–Trinajstić information content (AvgIpc) is 3.10. The number of hydrogen-bond donors (Lipinski definition) is 2. The minimum absolute atomic E-state index is 0.170. The Labute approximate surface area is 142 Å². The predicted molar refractivity (Wildman–Crippen MR) is 96.7 cm³/mol. The van der Waals surface area contributed by atoms with Crippen molar-refractivity contribution < 1.29 is 0 Å². The number of aryl methyl sites for hydroxylation is 2. The topological polar surface area (TPSA) is 95.9 Å². The second kappa shape index (κ2) is 5.55. The second-order valence-corrected chi connectivity index (χ2v) is 5.88. The summed E-state index contributed by atoms with van der Waals surface area (Å²) in [4.78, 5) is 35.6. The minimum atomic E-state index is -0.307. The summed E-state index contributed by atoms with van der Waals surface area (Å²) in [6, 6.07) is 9.13. The van der Waals surface area contributed by atoms with Gasteiger partial charge in [0.15, 0.2) is 0 Å². The minimum Gasteiger partial charge on any atom is -0.292 e. The lowest BCUT2D eigenvalue weighted by molar-refractivity contribution is 0.763. The van der Waals surface area contributed by atoms with Gasteiger partial charge >= 0.3 is 0 Å². The van der Waals surface area contributed by atoms with Crippen LogP contribution in [0.5, 0.6) is 0 Å². The highest BCUT2D eigenvalue weighted by Crippen LogP contribution is 2.31. The molecule has 124 valence electrons. The van der Waals surface area contributed by atoms with Crippen molar-refractivity contribution in [3.05, 3.63) is 73.6 Å². The van der Waals surface area contributed by atoms with Gasteiger partial charge in [-0.05, 0) is 26.0 Å². The third kappa shape index (κ3) is 2.55. The molecule has 0 fully saturated rings. The zero-order valence-corrected chi connectivity index (χ0v) is 13.7. The van der Waals surface area contributed by atoms with Crippen LogP contribution in [-0.4, -0.2) is 26.0 Å². The molecule has 0 bridgehead atoms. The van der Waals surface area contributed by atoms with Crippen LogP contribution >= 0.6 is 0 Å². The van der Waals surface area contributed by atoms with Crippen molar-refractivity contribution in [1.82, 2.24) is 19.7 Å². The van der Waals surface area contributed by atoms with E-state index in [0.29, 0.717) is 17.0 Å². The Morgan fingerprint density at radius 2 is 1.96 bits per heavy atom. The second-order valence-electron chi connectivity index (χ2n) is 5.88. The number of para-hydroxylation sites is 1. The number of H-pyrrole nitrogens is 2. The molecule has 3 aromatic rings. The summed E-state index contributed by atoms with van der Waals surface area (Å²) >= 11 is 0. The van der Waals surface area contributed by atoms with E-state index in [0.717, 1.165) is 16.8 Å². The highest BCUT2D eigenvalue weighted by Gasteiger charge is 2.16. The fourth-order valence-corrected chi connectivity index (χ4v) is 2.86. The molecule has 0 amide bonds. The van der Waals surface area contributed by atoms with Crippen molar-refractivity contribution in [2.24, 2.45) is 4.99 Å². The fourth-order valence-electron chi connectivity index (χ4n) is 2.86. The van der Waals surface area contributed by atoms with E-state index in [1.54, 1.807) is 26.1 Å². The number of rotatable bonds is 2. The van der Waals surface area contributed by atoms with Gasteiger partial charge in [-0.25, -0.2) is 4.98 Å². The summed E-state index contributed by atoms with van der Waals surface area (Å²) in [6.45, 7) is 3.50. The molecule has 7 heteroatoms. The predicted octanol–water partition coefficient (Wildman–Crippen LogP) is 2.12. The van der Waals surface area contributed by atoms with Crippen molar-refractivity contribution in [2.75, 3.05) is 0 Å². The van der Waals surface area contributed by atoms with Gasteiger partial charge in [-0.3, -0.25) is 24.7 Å². The molecule has 3 heterocycles. The van der Waals surface area contributed by atoms with Gasteiger partial charge < -0.3 is 0 Å². The highest BCUT2D eigenvalue weighted by molar-refractivity contribution is 6.21. The molecule has 0 unspecified atom stereocenters. The average molecular weight is 333 g/mol. The quantitative estimate of drug-likeness (QED) is 0.752. The number of hydrogen-bond acceptors (Lipinski definition) is 4. The van der Waals surface area contributed by atoms with Gasteiger partial charge in [0, 0.05) is 34.8 Å². The third-order valence-corrected chi connectivity index (χ3v) is 4.04. The summed E-state index contributed by atoms with van der Waals surface area (Å²) in [5.41, 5.74) is 3.86. The van der Waals surface area contributed by atoms with Crippen molar-refractivity contribution in [1.29, 1.82) is 0 Å². The zero-order chi connectivity index (χ0) is 17.6. The number of aromatic nitrogens is 4. The first-order valence-electron chi connectivity index (χ1n) is 7.78. The standard InChI is InChI=1S/C18H15N5O2/c1-10-7-16(24)21-18(20-10)23-17(25)14(11(2)22-23)8-12-9-19-15-6-4-3-5-13(12)15/h3-9,22H,1-2H3,(H,20,21,24)/b12-8-. The van der Waals surface area contributed by atoms with Gasteiger partial charge in [0.05, 0.1) is 11.3 Å². The van der Waals surface area contributed by atoms with E-state index in [4.69, 9.17) is 0 Å². The number of aromatic amines is 2. The molecule has 25 heavy (non-hydrogen) atoms. The molecule has 4 rings (SSSR count). The number of nitrogens with one attached hydrogen (secondary N) is 2. The number of nitrogens with zero attached hydrogens (tertiary/aromatic N) is 3. The van der Waals surface area contributed by atoms with Crippen molar-refractivity contribution >= 4 is 23.6 Å². The highest BCUT2D eigenvalue weighted by atomic mass is 16.1. The summed E-state index contributed by atoms with van der Waals surface area (Å²) in [7, 11) is 0. The molecule has 1 aliphatic rings. The van der Waals surface area contributed by atoms with Gasteiger partial charge in [0.2, 0.25) is 5.95 Å². The Kier molecular flexibility index (Phi) is 3.35. The maximum Gasteiger partial charge on any atom is 0.281 e. The van der Waals surface area contributed by atoms with Gasteiger partial charge in [-0.1, -0.05) is 18.2 Å². The Balaban J connectivity index is 1.85. The van der Waals surface area contributed by atoms with Gasteiger partial charge in [-0.2, -0.15) is 4.68 Å². The number of fused-ring (bicyclic) bond motifs is 1. The molecular weight excluding hydrogens is 318 g/mol. The Hall–Kier alpha value is -3.48. The Bertz CT molecular complexity index is 1160. The summed E-state index contributed by atoms with van der Waals surface area (Å²) in [5, 5.41) is 2.96. The van der Waals surface area contributed by atoms with E-state index in [-0.39, 0.29) is 17.1 Å². The molecule has 0 spiro atoms. The first kappa shape index (κ1) is 15.1. The van der Waals surface area contributed by atoms with Gasteiger partial charge in [0.25, 0.3) is 11.1 Å². The SMILES string of the molecule is Cc1cc(=O)[nH]c(-n2[nH]c(C)c(/C=C3/C=Nc4ccccc43)c2=O)n1. The third-order valence-electron chi connectivity index (χ3n) is 4.04. The largest absolute Gasteiger partial charge is 0.292 e. The van der Waals surface area contributed by atoms with Crippen LogP contribution in [0.4, 0.5) is 5.69 Å². The molecule has 0 radical (unpaired) electrons. The molecule has 0 saturated carbocycles. The van der Waals surface area contributed by atoms with Crippen molar-refractivity contribution in [2.45, 2.75) is 13.8 Å². The summed E-state index contributed by atoms with van der Waals surface area (Å²) < 4.78 is 1.24. The molecule has 2 aromatic heterocycles. The van der Waals surface area contributed by atoms with E-state index in [1.807, 2.05) is 24.3 Å². The normalized spacial score (nSPS) is 14.2. The number of aliphatic imine (C=N–C) groups is 1. The summed E-state index contributed by atoms with van der Waals surface area (Å²) in [6.07, 6.45) is 3.54. The van der Waals surface area contributed by atoms with Crippen LogP contribution in [0.1, 0.15) is 22.5 Å². The maximum absolute atomic E-state index is 12.8. The smallest absolute Gasteiger partial charge is 0.281 e. The molecule has 1 aliphatic heterocycles. The Morgan fingerprint density at radius 1 is 1.16 bits per heavy atom. The van der Waals surface area contributed by atoms with E-state index in [9.17, 15) is 9.59 Å². The first-order valence-corrected chi connectivity index (χ1v) is 7.78. The lowest BCUT2D eigenvalue weighted by Gasteiger charge is -2.00. The van der Waals surface area contributed by atoms with E-state index >= 15 is 0 Å². The molecular formula is C18H15N5O2. The lowest BCUT2D eigenvalue weighted by atomic mass is 10.0. The lowest BCUT2D eigenvalue weighted by Crippen LogP contribution is -2.22. The van der Waals surface area contributed by atoms with Crippen molar-refractivity contribution in [3.8, 4) is 5.95 Å². The van der Waals surface area contributed by atoms with E-state index < -0.39 is 0 Å². The maximum atomic E-state index is 12.8. The fraction of sp³-hybridized carbons (Fsp3) is 0.111. The van der Waals surface area contributed by atoms with Crippen LogP contribution in [0.25, 0.3) is 17.6 Å². The number of benzene rings is 1. The van der Waals surface area contributed by atoms with E-state index in [2.05, 4.69) is 20.1 Å². The zero-order valence-electron chi connectivity index (χ0n) is 13.7. The molecule has 7 nitrogen and oxygen atoms in total. The Morgan fingerprint density at radius 3 is 2.76 bits per heavy atom. The van der Waals surface area contributed by atoms with E-state index in [1.165, 1.54) is 10.7 Å². The van der Waals surface area contributed by atoms with Gasteiger partial charge in [0.1, 0.15) is 0 Å². The van der Waals surface area contributed by atoms with Crippen LogP contribution < -0.4 is 11.1 Å². The molecule has 1 aromatic carbocycles. The van der Waals surface area contributed by atoms with Crippen LogP contribution in [0, 0.1) is 13.8 Å². The molecule has 0 saturated heterocycles. The van der Waals surface area contributed by atoms with Gasteiger partial charge in [-0.15, -0.1) is 0 Å². The summed E-state index contributed by atoms with van der Waals surface area (Å²) in [5.74, 6) is 0.170. The van der Waals surface area contributed by atoms with Crippen LogP contribution in [0.3, 0.4) is 0 Å². The van der Waals surface area contributed by atoms with Crippen LogP contribution in [0.2, 0.25) is 0 Å². The molecule has 0 atom stereocenters. The molecule has 0 aliphatic carbocycles. The first-order chi connectivity index (χ1) is 12.0. The van der Waals surface area contributed by atoms with Crippen LogP contribution in [0.15, 0.2) is 44.9 Å². The monoisotopic (exact) mass is 333 g/mol. The van der Waals surface area contributed by atoms with Crippen LogP contribution in [-0.2, 0) is 0 Å².